The molecule has 0 heterocycles. The molecule has 1 N–H and O–H groups in total. The highest BCUT2D eigenvalue weighted by Crippen LogP contribution is 2.24. The molecule has 0 fully saturated rings. The highest BCUT2D eigenvalue weighted by molar-refractivity contribution is 6.32. The summed E-state index contributed by atoms with van der Waals surface area (Å²) < 4.78 is 5.15. The fourth-order valence-electron chi connectivity index (χ4n) is 2.15. The molecule has 2 nitrogen and oxygen atoms in total. The van der Waals surface area contributed by atoms with Gasteiger partial charge in [-0.15, -0.1) is 0 Å². The number of benzene rings is 2. The quantitative estimate of drug-likeness (QED) is 0.859. The molecule has 2 aromatic rings. The molecule has 1 unspecified atom stereocenters. The summed E-state index contributed by atoms with van der Waals surface area (Å²) in [6.45, 7) is 3.97. The Kier molecular flexibility index (Phi) is 5.45. The third-order valence-corrected chi connectivity index (χ3v) is 3.66. The molecule has 3 heteroatoms. The second kappa shape index (κ2) is 7.32. The maximum atomic E-state index is 6.11. The summed E-state index contributed by atoms with van der Waals surface area (Å²) in [4.78, 5) is 0. The molecule has 2 rings (SSSR count). The van der Waals surface area contributed by atoms with Gasteiger partial charge in [-0.2, -0.15) is 0 Å². The summed E-state index contributed by atoms with van der Waals surface area (Å²) >= 11 is 6.11. The predicted octanol–water partition coefficient (Wildman–Crippen LogP) is 4.24. The molecule has 0 bridgehead atoms. The highest BCUT2D eigenvalue weighted by atomic mass is 35.5. The van der Waals surface area contributed by atoms with Crippen molar-refractivity contribution in [3.8, 4) is 5.75 Å². The minimum Gasteiger partial charge on any atom is -0.495 e. The highest BCUT2D eigenvalue weighted by Gasteiger charge is 2.05. The van der Waals surface area contributed by atoms with Gasteiger partial charge in [-0.25, -0.2) is 0 Å². The van der Waals surface area contributed by atoms with Gasteiger partial charge in [-0.3, -0.25) is 0 Å². The monoisotopic (exact) mass is 289 g/mol. The van der Waals surface area contributed by atoms with Crippen molar-refractivity contribution in [2.75, 3.05) is 13.7 Å². The van der Waals surface area contributed by atoms with Crippen LogP contribution in [-0.4, -0.2) is 13.7 Å². The molecule has 0 amide bonds. The van der Waals surface area contributed by atoms with Gasteiger partial charge in [-0.05, 0) is 29.2 Å². The summed E-state index contributed by atoms with van der Waals surface area (Å²) in [7, 11) is 1.63. The number of hydrogen-bond donors (Lipinski definition) is 1. The van der Waals surface area contributed by atoms with Gasteiger partial charge in [0.2, 0.25) is 0 Å². The molecular formula is C17H20ClNO. The first-order valence-electron chi connectivity index (χ1n) is 6.79. The average molecular weight is 290 g/mol. The Labute approximate surface area is 125 Å². The van der Waals surface area contributed by atoms with Gasteiger partial charge in [0.25, 0.3) is 0 Å². The van der Waals surface area contributed by atoms with Crippen LogP contribution >= 0.6 is 11.6 Å². The van der Waals surface area contributed by atoms with Crippen LogP contribution in [0.25, 0.3) is 0 Å². The van der Waals surface area contributed by atoms with Gasteiger partial charge in [0.1, 0.15) is 5.75 Å². The van der Waals surface area contributed by atoms with Crippen LogP contribution in [0.15, 0.2) is 48.5 Å². The lowest BCUT2D eigenvalue weighted by atomic mass is 10.0. The van der Waals surface area contributed by atoms with E-state index in [0.717, 1.165) is 18.7 Å². The van der Waals surface area contributed by atoms with Crippen molar-refractivity contribution in [3.63, 3.8) is 0 Å². The topological polar surface area (TPSA) is 21.3 Å². The Morgan fingerprint density at radius 3 is 2.55 bits per heavy atom. The molecule has 1 atom stereocenters. The van der Waals surface area contributed by atoms with Crippen molar-refractivity contribution in [2.45, 2.75) is 19.4 Å². The lowest BCUT2D eigenvalue weighted by Gasteiger charge is -2.13. The first-order chi connectivity index (χ1) is 9.70. The Morgan fingerprint density at radius 1 is 1.15 bits per heavy atom. The molecule has 0 spiro atoms. The lowest BCUT2D eigenvalue weighted by molar-refractivity contribution is 0.415. The molecule has 106 valence electrons. The molecule has 0 radical (unpaired) electrons. The molecule has 2 aromatic carbocycles. The van der Waals surface area contributed by atoms with Crippen LogP contribution in [0.2, 0.25) is 5.02 Å². The van der Waals surface area contributed by atoms with E-state index >= 15 is 0 Å². The van der Waals surface area contributed by atoms with Crippen LogP contribution in [-0.2, 0) is 6.54 Å². The first-order valence-corrected chi connectivity index (χ1v) is 7.16. The van der Waals surface area contributed by atoms with E-state index < -0.39 is 0 Å². The molecule has 0 saturated carbocycles. The molecular weight excluding hydrogens is 270 g/mol. The predicted molar refractivity (Wildman–Crippen MR) is 84.6 cm³/mol. The molecule has 0 aromatic heterocycles. The average Bonchev–Trinajstić information content (AvgIpc) is 2.48. The van der Waals surface area contributed by atoms with E-state index in [4.69, 9.17) is 16.3 Å². The van der Waals surface area contributed by atoms with E-state index in [0.29, 0.717) is 16.7 Å². The Balaban J connectivity index is 1.85. The number of hydrogen-bond acceptors (Lipinski definition) is 2. The van der Waals surface area contributed by atoms with Crippen molar-refractivity contribution in [2.24, 2.45) is 0 Å². The van der Waals surface area contributed by atoms with E-state index in [1.807, 2.05) is 24.3 Å². The van der Waals surface area contributed by atoms with Crippen LogP contribution in [0.4, 0.5) is 0 Å². The van der Waals surface area contributed by atoms with Crippen LogP contribution in [0, 0.1) is 0 Å². The number of ether oxygens (including phenoxy) is 1. The fourth-order valence-corrected chi connectivity index (χ4v) is 2.43. The van der Waals surface area contributed by atoms with Crippen LogP contribution < -0.4 is 10.1 Å². The second-order valence-corrected chi connectivity index (χ2v) is 5.32. The molecule has 0 aliphatic carbocycles. The van der Waals surface area contributed by atoms with Crippen LogP contribution in [0.1, 0.15) is 24.0 Å². The van der Waals surface area contributed by atoms with E-state index in [1.165, 1.54) is 5.56 Å². The molecule has 0 aliphatic heterocycles. The molecule has 0 aliphatic rings. The van der Waals surface area contributed by atoms with Crippen molar-refractivity contribution < 1.29 is 4.74 Å². The van der Waals surface area contributed by atoms with Gasteiger partial charge in [0.15, 0.2) is 0 Å². The van der Waals surface area contributed by atoms with Gasteiger partial charge in [0.05, 0.1) is 12.1 Å². The molecule has 0 saturated heterocycles. The summed E-state index contributed by atoms with van der Waals surface area (Å²) in [6, 6.07) is 16.4. The minimum absolute atomic E-state index is 0.491. The summed E-state index contributed by atoms with van der Waals surface area (Å²) in [5.41, 5.74) is 2.52. The van der Waals surface area contributed by atoms with E-state index in [-0.39, 0.29) is 0 Å². The smallest absolute Gasteiger partial charge is 0.137 e. The van der Waals surface area contributed by atoms with Crippen molar-refractivity contribution in [1.82, 2.24) is 5.32 Å². The number of halogens is 1. The second-order valence-electron chi connectivity index (χ2n) is 4.91. The molecule has 20 heavy (non-hydrogen) atoms. The van der Waals surface area contributed by atoms with Gasteiger partial charge in [-0.1, -0.05) is 54.9 Å². The first kappa shape index (κ1) is 14.9. The van der Waals surface area contributed by atoms with Gasteiger partial charge >= 0.3 is 0 Å². The Morgan fingerprint density at radius 2 is 1.90 bits per heavy atom. The normalized spacial score (nSPS) is 12.2. The van der Waals surface area contributed by atoms with Gasteiger partial charge in [0, 0.05) is 13.1 Å². The Bertz CT molecular complexity index is 542. The van der Waals surface area contributed by atoms with Crippen molar-refractivity contribution in [3.05, 3.63) is 64.7 Å². The van der Waals surface area contributed by atoms with Crippen molar-refractivity contribution in [1.29, 1.82) is 0 Å². The van der Waals surface area contributed by atoms with Crippen LogP contribution in [0.3, 0.4) is 0 Å². The number of nitrogens with one attached hydrogen (secondary N) is 1. The summed E-state index contributed by atoms with van der Waals surface area (Å²) in [5.74, 6) is 1.21. The maximum Gasteiger partial charge on any atom is 0.137 e. The number of methoxy groups -OCH3 is 1. The zero-order chi connectivity index (χ0) is 14.4. The lowest BCUT2D eigenvalue weighted by Crippen LogP contribution is -2.19. The van der Waals surface area contributed by atoms with E-state index in [9.17, 15) is 0 Å². The number of rotatable bonds is 6. The summed E-state index contributed by atoms with van der Waals surface area (Å²) in [6.07, 6.45) is 0. The zero-order valence-corrected chi connectivity index (χ0v) is 12.7. The largest absolute Gasteiger partial charge is 0.495 e. The maximum absolute atomic E-state index is 6.11. The fraction of sp³-hybridized carbons (Fsp3) is 0.294. The summed E-state index contributed by atoms with van der Waals surface area (Å²) in [5, 5.41) is 4.12. The Hall–Kier alpha value is -1.51. The zero-order valence-electron chi connectivity index (χ0n) is 11.9. The third kappa shape index (κ3) is 3.99. The van der Waals surface area contributed by atoms with Crippen molar-refractivity contribution >= 4 is 11.6 Å². The standard InChI is InChI=1S/C17H20ClNO/c1-13(15-6-4-3-5-7-15)11-19-12-14-8-9-17(20-2)16(18)10-14/h3-10,13,19H,11-12H2,1-2H3. The van der Waals surface area contributed by atoms with Gasteiger partial charge < -0.3 is 10.1 Å². The minimum atomic E-state index is 0.491. The third-order valence-electron chi connectivity index (χ3n) is 3.36. The van der Waals surface area contributed by atoms with E-state index in [2.05, 4.69) is 36.5 Å². The van der Waals surface area contributed by atoms with E-state index in [1.54, 1.807) is 7.11 Å². The SMILES string of the molecule is COc1ccc(CNCC(C)c2ccccc2)cc1Cl. The van der Waals surface area contributed by atoms with Crippen LogP contribution in [0.5, 0.6) is 5.75 Å².